The van der Waals surface area contributed by atoms with Gasteiger partial charge in [0.15, 0.2) is 0 Å². The molecule has 94 valence electrons. The molecule has 18 heavy (non-hydrogen) atoms. The lowest BCUT2D eigenvalue weighted by Gasteiger charge is -2.28. The van der Waals surface area contributed by atoms with Gasteiger partial charge in [0.1, 0.15) is 11.5 Å². The Morgan fingerprint density at radius 3 is 3.00 bits per heavy atom. The van der Waals surface area contributed by atoms with E-state index in [2.05, 4.69) is 20.1 Å². The number of amides is 1. The van der Waals surface area contributed by atoms with E-state index in [1.807, 2.05) is 25.3 Å². The molecule has 0 aliphatic heterocycles. The molecule has 1 saturated carbocycles. The Bertz CT molecular complexity index is 565. The molecule has 0 unspecified atom stereocenters. The van der Waals surface area contributed by atoms with Crippen molar-refractivity contribution in [2.45, 2.75) is 32.2 Å². The zero-order valence-electron chi connectivity index (χ0n) is 10.3. The SMILES string of the molecule is Cc1cn[nH]c1NC(=O)c1cccn1C1CCC1. The van der Waals surface area contributed by atoms with Gasteiger partial charge < -0.3 is 9.88 Å². The van der Waals surface area contributed by atoms with Gasteiger partial charge in [-0.1, -0.05) is 0 Å². The number of carbonyl (C=O) groups is 1. The van der Waals surface area contributed by atoms with Crippen molar-refractivity contribution < 1.29 is 4.79 Å². The summed E-state index contributed by atoms with van der Waals surface area (Å²) in [7, 11) is 0. The van der Waals surface area contributed by atoms with Gasteiger partial charge in [-0.3, -0.25) is 9.89 Å². The van der Waals surface area contributed by atoms with Crippen molar-refractivity contribution in [3.8, 4) is 0 Å². The Balaban J connectivity index is 1.80. The number of rotatable bonds is 3. The monoisotopic (exact) mass is 244 g/mol. The molecule has 2 N–H and O–H groups in total. The van der Waals surface area contributed by atoms with Crippen molar-refractivity contribution in [1.82, 2.24) is 14.8 Å². The predicted molar refractivity (Wildman–Crippen MR) is 68.6 cm³/mol. The molecule has 1 aliphatic rings. The van der Waals surface area contributed by atoms with E-state index in [9.17, 15) is 4.79 Å². The van der Waals surface area contributed by atoms with Crippen LogP contribution in [0.15, 0.2) is 24.5 Å². The van der Waals surface area contributed by atoms with Gasteiger partial charge in [0.2, 0.25) is 0 Å². The molecule has 0 bridgehead atoms. The second kappa shape index (κ2) is 4.33. The minimum absolute atomic E-state index is 0.0840. The number of nitrogens with zero attached hydrogens (tertiary/aromatic N) is 2. The molecular weight excluding hydrogens is 228 g/mol. The van der Waals surface area contributed by atoms with E-state index in [1.165, 1.54) is 6.42 Å². The quantitative estimate of drug-likeness (QED) is 0.871. The van der Waals surface area contributed by atoms with Crippen LogP contribution in [0.3, 0.4) is 0 Å². The fraction of sp³-hybridized carbons (Fsp3) is 0.385. The summed E-state index contributed by atoms with van der Waals surface area (Å²) in [6, 6.07) is 4.27. The summed E-state index contributed by atoms with van der Waals surface area (Å²) in [5.74, 6) is 0.584. The van der Waals surface area contributed by atoms with Crippen LogP contribution in [-0.4, -0.2) is 20.7 Å². The van der Waals surface area contributed by atoms with Crippen LogP contribution in [-0.2, 0) is 0 Å². The Morgan fingerprint density at radius 2 is 2.39 bits per heavy atom. The number of aromatic nitrogens is 3. The maximum absolute atomic E-state index is 12.2. The van der Waals surface area contributed by atoms with Gasteiger partial charge in [0, 0.05) is 17.8 Å². The lowest BCUT2D eigenvalue weighted by atomic mass is 9.93. The minimum Gasteiger partial charge on any atom is -0.340 e. The van der Waals surface area contributed by atoms with Gasteiger partial charge in [-0.25, -0.2) is 0 Å². The highest BCUT2D eigenvalue weighted by molar-refractivity contribution is 6.03. The van der Waals surface area contributed by atoms with Crippen LogP contribution >= 0.6 is 0 Å². The molecule has 5 heteroatoms. The highest BCUT2D eigenvalue weighted by Crippen LogP contribution is 2.32. The molecule has 2 heterocycles. The zero-order chi connectivity index (χ0) is 12.5. The summed E-state index contributed by atoms with van der Waals surface area (Å²) in [5, 5.41) is 9.54. The standard InChI is InChI=1S/C13H16N4O/c1-9-8-14-16-12(9)15-13(18)11-6-3-7-17(11)10-4-2-5-10/h3,6-8,10H,2,4-5H2,1H3,(H2,14,15,16,18). The average molecular weight is 244 g/mol. The number of carbonyl (C=O) groups excluding carboxylic acids is 1. The van der Waals surface area contributed by atoms with Gasteiger partial charge in [-0.05, 0) is 38.3 Å². The van der Waals surface area contributed by atoms with Gasteiger partial charge >= 0.3 is 0 Å². The Kier molecular flexibility index (Phi) is 2.66. The first-order chi connectivity index (χ1) is 8.75. The van der Waals surface area contributed by atoms with E-state index in [0.29, 0.717) is 17.6 Å². The van der Waals surface area contributed by atoms with E-state index < -0.39 is 0 Å². The van der Waals surface area contributed by atoms with Gasteiger partial charge in [0.05, 0.1) is 6.20 Å². The summed E-state index contributed by atoms with van der Waals surface area (Å²) in [6.45, 7) is 1.91. The summed E-state index contributed by atoms with van der Waals surface area (Å²) in [4.78, 5) is 12.2. The number of H-pyrrole nitrogens is 1. The first kappa shape index (κ1) is 11.1. The molecule has 0 radical (unpaired) electrons. The third-order valence-corrected chi connectivity index (χ3v) is 3.55. The smallest absolute Gasteiger partial charge is 0.273 e. The van der Waals surface area contributed by atoms with Gasteiger partial charge in [-0.15, -0.1) is 0 Å². The third kappa shape index (κ3) is 1.81. The second-order valence-electron chi connectivity index (χ2n) is 4.77. The fourth-order valence-corrected chi connectivity index (χ4v) is 2.22. The first-order valence-corrected chi connectivity index (χ1v) is 6.24. The number of hydrogen-bond donors (Lipinski definition) is 2. The maximum Gasteiger partial charge on any atom is 0.273 e. The molecule has 1 amide bonds. The van der Waals surface area contributed by atoms with Crippen LogP contribution in [0.25, 0.3) is 0 Å². The van der Waals surface area contributed by atoms with Crippen molar-refractivity contribution in [2.75, 3.05) is 5.32 Å². The molecule has 0 atom stereocenters. The van der Waals surface area contributed by atoms with Crippen molar-refractivity contribution in [3.05, 3.63) is 35.8 Å². The first-order valence-electron chi connectivity index (χ1n) is 6.24. The number of nitrogens with one attached hydrogen (secondary N) is 2. The molecular formula is C13H16N4O. The van der Waals surface area contributed by atoms with Crippen LogP contribution in [0.4, 0.5) is 5.82 Å². The normalized spacial score (nSPS) is 15.4. The summed E-state index contributed by atoms with van der Waals surface area (Å²) in [5.41, 5.74) is 1.65. The van der Waals surface area contributed by atoms with E-state index in [0.717, 1.165) is 18.4 Å². The lowest BCUT2D eigenvalue weighted by molar-refractivity contribution is 0.101. The molecule has 1 fully saturated rings. The van der Waals surface area contributed by atoms with Crippen LogP contribution in [0.1, 0.15) is 41.4 Å². The predicted octanol–water partition coefficient (Wildman–Crippen LogP) is 2.50. The number of anilines is 1. The third-order valence-electron chi connectivity index (χ3n) is 3.55. The molecule has 1 aliphatic carbocycles. The minimum atomic E-state index is -0.0840. The summed E-state index contributed by atoms with van der Waals surface area (Å²) < 4.78 is 2.07. The van der Waals surface area contributed by atoms with Crippen molar-refractivity contribution >= 4 is 11.7 Å². The Morgan fingerprint density at radius 1 is 1.56 bits per heavy atom. The lowest BCUT2D eigenvalue weighted by Crippen LogP contribution is -2.23. The second-order valence-corrected chi connectivity index (χ2v) is 4.77. The van der Waals surface area contributed by atoms with E-state index in [1.54, 1.807) is 6.20 Å². The fourth-order valence-electron chi connectivity index (χ4n) is 2.22. The van der Waals surface area contributed by atoms with Crippen LogP contribution in [0, 0.1) is 6.92 Å². The largest absolute Gasteiger partial charge is 0.340 e. The number of aryl methyl sites for hydroxylation is 1. The van der Waals surface area contributed by atoms with Crippen molar-refractivity contribution in [2.24, 2.45) is 0 Å². The van der Waals surface area contributed by atoms with E-state index >= 15 is 0 Å². The van der Waals surface area contributed by atoms with E-state index in [-0.39, 0.29) is 5.91 Å². The topological polar surface area (TPSA) is 62.7 Å². The van der Waals surface area contributed by atoms with Crippen LogP contribution < -0.4 is 5.32 Å². The molecule has 5 nitrogen and oxygen atoms in total. The number of hydrogen-bond acceptors (Lipinski definition) is 2. The van der Waals surface area contributed by atoms with Gasteiger partial charge in [-0.2, -0.15) is 5.10 Å². The molecule has 0 aromatic carbocycles. The van der Waals surface area contributed by atoms with Crippen LogP contribution in [0.5, 0.6) is 0 Å². The highest BCUT2D eigenvalue weighted by atomic mass is 16.2. The number of aromatic amines is 1. The van der Waals surface area contributed by atoms with E-state index in [4.69, 9.17) is 0 Å². The zero-order valence-corrected chi connectivity index (χ0v) is 10.3. The Hall–Kier alpha value is -2.04. The highest BCUT2D eigenvalue weighted by Gasteiger charge is 2.23. The maximum atomic E-state index is 12.2. The molecule has 0 saturated heterocycles. The van der Waals surface area contributed by atoms with Crippen molar-refractivity contribution in [3.63, 3.8) is 0 Å². The van der Waals surface area contributed by atoms with Crippen molar-refractivity contribution in [1.29, 1.82) is 0 Å². The van der Waals surface area contributed by atoms with Crippen LogP contribution in [0.2, 0.25) is 0 Å². The van der Waals surface area contributed by atoms with Gasteiger partial charge in [0.25, 0.3) is 5.91 Å². The Labute approximate surface area is 105 Å². The summed E-state index contributed by atoms with van der Waals surface area (Å²) in [6.07, 6.45) is 7.26. The molecule has 2 aromatic heterocycles. The molecule has 0 spiro atoms. The molecule has 2 aromatic rings. The molecule has 3 rings (SSSR count). The summed E-state index contributed by atoms with van der Waals surface area (Å²) >= 11 is 0. The average Bonchev–Trinajstić information content (AvgIpc) is 2.87.